The molecule has 0 rings (SSSR count). The zero-order valence-corrected chi connectivity index (χ0v) is 9.08. The molecule has 0 aromatic rings. The van der Waals surface area contributed by atoms with Crippen LogP contribution in [-0.4, -0.2) is 23.7 Å². The van der Waals surface area contributed by atoms with Crippen LogP contribution in [0.15, 0.2) is 11.6 Å². The van der Waals surface area contributed by atoms with Crippen LogP contribution < -0.4 is 0 Å². The Bertz CT molecular complexity index is 205. The van der Waals surface area contributed by atoms with Gasteiger partial charge >= 0.3 is 5.97 Å². The van der Waals surface area contributed by atoms with E-state index in [-0.39, 0.29) is 5.03 Å². The number of hydrogen-bond acceptors (Lipinski definition) is 4. The minimum atomic E-state index is -0.934. The van der Waals surface area contributed by atoms with Crippen molar-refractivity contribution in [1.29, 1.82) is 0 Å². The van der Waals surface area contributed by atoms with Gasteiger partial charge in [-0.1, -0.05) is 32.0 Å². The summed E-state index contributed by atoms with van der Waals surface area (Å²) in [7, 11) is 0. The minimum Gasteiger partial charge on any atom is -0.431 e. The van der Waals surface area contributed by atoms with Crippen molar-refractivity contribution in [2.75, 3.05) is 0 Å². The van der Waals surface area contributed by atoms with E-state index in [0.29, 0.717) is 12.8 Å². The van der Waals surface area contributed by atoms with E-state index >= 15 is 0 Å². The molecule has 2 unspecified atom stereocenters. The number of carbonyl (C=O) groups is 1. The van der Waals surface area contributed by atoms with Crippen molar-refractivity contribution in [1.82, 2.24) is 0 Å². The zero-order chi connectivity index (χ0) is 11.1. The Labute approximate surface area is 88.5 Å². The highest BCUT2D eigenvalue weighted by Crippen LogP contribution is 2.09. The Morgan fingerprint density at radius 2 is 2.07 bits per heavy atom. The monoisotopic (exact) mass is 222 g/mol. The van der Waals surface area contributed by atoms with Crippen LogP contribution in [0.1, 0.15) is 26.7 Å². The molecule has 0 aromatic heterocycles. The maximum atomic E-state index is 11.0. The van der Waals surface area contributed by atoms with Gasteiger partial charge in [0.1, 0.15) is 5.03 Å². The molecule has 2 atom stereocenters. The van der Waals surface area contributed by atoms with Gasteiger partial charge in [0.2, 0.25) is 6.29 Å². The molecule has 0 aliphatic rings. The molecule has 1 N–H and O–H groups in total. The molecular formula is C9H15ClO4. The van der Waals surface area contributed by atoms with E-state index in [0.717, 1.165) is 0 Å². The van der Waals surface area contributed by atoms with Crippen LogP contribution in [0.5, 0.6) is 0 Å². The summed E-state index contributed by atoms with van der Waals surface area (Å²) in [6.45, 7) is 6.73. The predicted octanol–water partition coefficient (Wildman–Crippen LogP) is 1.76. The lowest BCUT2D eigenvalue weighted by Gasteiger charge is -2.19. The summed E-state index contributed by atoms with van der Waals surface area (Å²) in [5, 5.41) is 8.93. The number of aliphatic hydroxyl groups is 1. The smallest absolute Gasteiger partial charge is 0.351 e. The highest BCUT2D eigenvalue weighted by atomic mass is 35.5. The van der Waals surface area contributed by atoms with Crippen molar-refractivity contribution in [2.45, 2.75) is 39.3 Å². The molecule has 0 saturated heterocycles. The molecule has 4 nitrogen and oxygen atoms in total. The second-order valence-electron chi connectivity index (χ2n) is 2.65. The van der Waals surface area contributed by atoms with Crippen molar-refractivity contribution in [2.24, 2.45) is 0 Å². The van der Waals surface area contributed by atoms with Gasteiger partial charge in [-0.2, -0.15) is 0 Å². The van der Waals surface area contributed by atoms with Crippen molar-refractivity contribution in [3.8, 4) is 0 Å². The third-order valence-corrected chi connectivity index (χ3v) is 1.61. The molecule has 14 heavy (non-hydrogen) atoms. The summed E-state index contributed by atoms with van der Waals surface area (Å²) >= 11 is 5.31. The number of hydrogen-bond donors (Lipinski definition) is 1. The first kappa shape index (κ1) is 13.4. The Balaban J connectivity index is 4.02. The van der Waals surface area contributed by atoms with Gasteiger partial charge in [0.05, 0.1) is 0 Å². The maximum Gasteiger partial charge on any atom is 0.351 e. The van der Waals surface area contributed by atoms with Crippen LogP contribution in [-0.2, 0) is 14.3 Å². The Kier molecular flexibility index (Phi) is 6.53. The first-order chi connectivity index (χ1) is 6.51. The number of carbonyl (C=O) groups excluding carboxylic acids is 1. The SMILES string of the molecule is C=C(Cl)C(=O)OC(CC)OC(O)CC. The molecule has 0 saturated carbocycles. The lowest BCUT2D eigenvalue weighted by molar-refractivity contribution is -0.224. The largest absolute Gasteiger partial charge is 0.431 e. The number of ether oxygens (including phenoxy) is 2. The van der Waals surface area contributed by atoms with Crippen LogP contribution in [0.4, 0.5) is 0 Å². The van der Waals surface area contributed by atoms with Crippen LogP contribution >= 0.6 is 11.6 Å². The van der Waals surface area contributed by atoms with E-state index in [9.17, 15) is 4.79 Å². The first-order valence-electron chi connectivity index (χ1n) is 4.40. The molecule has 82 valence electrons. The average molecular weight is 223 g/mol. The van der Waals surface area contributed by atoms with E-state index in [1.54, 1.807) is 13.8 Å². The van der Waals surface area contributed by atoms with E-state index < -0.39 is 18.5 Å². The third-order valence-electron chi connectivity index (χ3n) is 1.45. The van der Waals surface area contributed by atoms with Crippen LogP contribution in [0.3, 0.4) is 0 Å². The number of halogens is 1. The molecule has 0 aliphatic heterocycles. The molecule has 0 amide bonds. The van der Waals surface area contributed by atoms with Crippen molar-refractivity contribution < 1.29 is 19.4 Å². The molecular weight excluding hydrogens is 208 g/mol. The maximum absolute atomic E-state index is 11.0. The van der Waals surface area contributed by atoms with Crippen LogP contribution in [0.25, 0.3) is 0 Å². The molecule has 0 aromatic carbocycles. The molecule has 5 heteroatoms. The van der Waals surface area contributed by atoms with Crippen molar-refractivity contribution in [3.63, 3.8) is 0 Å². The first-order valence-corrected chi connectivity index (χ1v) is 4.77. The standard InChI is InChI=1S/C9H15ClO4/c1-4-7(11)13-8(5-2)14-9(12)6(3)10/h7-8,11H,3-5H2,1-2H3. The molecule has 0 aliphatic carbocycles. The van der Waals surface area contributed by atoms with Gasteiger partial charge in [0.25, 0.3) is 0 Å². The summed E-state index contributed by atoms with van der Waals surface area (Å²) in [4.78, 5) is 11.0. The highest BCUT2D eigenvalue weighted by Gasteiger charge is 2.17. The Hall–Kier alpha value is -0.580. The normalized spacial score (nSPS) is 14.6. The molecule has 0 bridgehead atoms. The zero-order valence-electron chi connectivity index (χ0n) is 8.33. The molecule has 0 radical (unpaired) electrons. The fourth-order valence-corrected chi connectivity index (χ4v) is 0.707. The molecule has 0 fully saturated rings. The van der Waals surface area contributed by atoms with Gasteiger partial charge in [0, 0.05) is 6.42 Å². The highest BCUT2D eigenvalue weighted by molar-refractivity contribution is 6.40. The fourth-order valence-electron chi connectivity index (χ4n) is 0.662. The molecule has 0 spiro atoms. The van der Waals surface area contributed by atoms with E-state index in [2.05, 4.69) is 6.58 Å². The summed E-state index contributed by atoms with van der Waals surface area (Å²) in [5.41, 5.74) is 0. The quantitative estimate of drug-likeness (QED) is 0.423. The summed E-state index contributed by atoms with van der Waals surface area (Å²) < 4.78 is 9.76. The number of rotatable bonds is 6. The van der Waals surface area contributed by atoms with Crippen molar-refractivity contribution in [3.05, 3.63) is 11.6 Å². The lowest BCUT2D eigenvalue weighted by atomic mass is 10.4. The van der Waals surface area contributed by atoms with E-state index in [1.165, 1.54) is 0 Å². The summed E-state index contributed by atoms with van der Waals surface area (Å²) in [6, 6.07) is 0. The average Bonchev–Trinajstić information content (AvgIpc) is 2.16. The Morgan fingerprint density at radius 3 is 2.43 bits per heavy atom. The Morgan fingerprint density at radius 1 is 1.50 bits per heavy atom. The lowest BCUT2D eigenvalue weighted by Crippen LogP contribution is -2.26. The van der Waals surface area contributed by atoms with Crippen LogP contribution in [0.2, 0.25) is 0 Å². The minimum absolute atomic E-state index is 0.210. The van der Waals surface area contributed by atoms with Crippen LogP contribution in [0, 0.1) is 0 Å². The van der Waals surface area contributed by atoms with E-state index in [1.807, 2.05) is 0 Å². The second-order valence-corrected chi connectivity index (χ2v) is 3.10. The number of esters is 1. The van der Waals surface area contributed by atoms with Crippen molar-refractivity contribution >= 4 is 17.6 Å². The number of aliphatic hydroxyl groups excluding tert-OH is 1. The summed E-state index contributed by atoms with van der Waals surface area (Å²) in [6.07, 6.45) is -0.854. The van der Waals surface area contributed by atoms with Gasteiger partial charge in [-0.05, 0) is 6.42 Å². The third kappa shape index (κ3) is 5.21. The fraction of sp³-hybridized carbons (Fsp3) is 0.667. The van der Waals surface area contributed by atoms with Gasteiger partial charge in [0.15, 0.2) is 6.29 Å². The second kappa shape index (κ2) is 6.81. The van der Waals surface area contributed by atoms with E-state index in [4.69, 9.17) is 26.2 Å². The van der Waals surface area contributed by atoms with Gasteiger partial charge < -0.3 is 14.6 Å². The molecule has 0 heterocycles. The summed E-state index contributed by atoms with van der Waals surface area (Å²) in [5.74, 6) is -0.734. The predicted molar refractivity (Wildman–Crippen MR) is 52.5 cm³/mol. The van der Waals surface area contributed by atoms with Gasteiger partial charge in [-0.3, -0.25) is 0 Å². The topological polar surface area (TPSA) is 55.8 Å². The van der Waals surface area contributed by atoms with Gasteiger partial charge in [-0.25, -0.2) is 4.79 Å². The van der Waals surface area contributed by atoms with Gasteiger partial charge in [-0.15, -0.1) is 0 Å².